The van der Waals surface area contributed by atoms with E-state index in [0.717, 1.165) is 35.1 Å². The van der Waals surface area contributed by atoms with E-state index in [0.29, 0.717) is 0 Å². The Kier molecular flexibility index (Phi) is 4.72. The smallest absolute Gasteiger partial charge is 0.141 e. The van der Waals surface area contributed by atoms with E-state index in [2.05, 4.69) is 31.2 Å². The minimum atomic E-state index is -0.483. The molecule has 3 aromatic carbocycles. The maximum Gasteiger partial charge on any atom is 0.141 e. The third-order valence-electron chi connectivity index (χ3n) is 4.13. The molecule has 2 heteroatoms. The van der Waals surface area contributed by atoms with Crippen LogP contribution in [0.5, 0.6) is 0 Å². The number of halogens is 1. The average Bonchev–Trinajstić information content (AvgIpc) is 2.63. The first-order chi connectivity index (χ1) is 11.7. The zero-order valence-corrected chi connectivity index (χ0v) is 13.6. The topological polar surface area (TPSA) is 23.8 Å². The van der Waals surface area contributed by atoms with E-state index in [9.17, 15) is 4.39 Å². The quantitative estimate of drug-likeness (QED) is 0.580. The van der Waals surface area contributed by atoms with Crippen molar-refractivity contribution in [3.05, 3.63) is 83.7 Å². The van der Waals surface area contributed by atoms with Crippen LogP contribution in [0, 0.1) is 17.1 Å². The SMILES string of the molecule is CCCc1ccc(-c2ccccc2-c2ccc(C#N)c(F)c2)cc1. The maximum absolute atomic E-state index is 14.0. The predicted octanol–water partition coefficient (Wildman–Crippen LogP) is 5.98. The van der Waals surface area contributed by atoms with Gasteiger partial charge in [0.1, 0.15) is 11.9 Å². The molecule has 0 aliphatic carbocycles. The summed E-state index contributed by atoms with van der Waals surface area (Å²) in [5, 5.41) is 8.89. The highest BCUT2D eigenvalue weighted by Crippen LogP contribution is 2.33. The van der Waals surface area contributed by atoms with Crippen LogP contribution in [0.1, 0.15) is 24.5 Å². The van der Waals surface area contributed by atoms with Crippen LogP contribution in [0.25, 0.3) is 22.3 Å². The molecule has 3 aromatic rings. The Morgan fingerprint density at radius 2 is 1.50 bits per heavy atom. The summed E-state index contributed by atoms with van der Waals surface area (Å²) in [7, 11) is 0. The monoisotopic (exact) mass is 315 g/mol. The number of aryl methyl sites for hydroxylation is 1. The number of nitrogens with zero attached hydrogens (tertiary/aromatic N) is 1. The Morgan fingerprint density at radius 3 is 2.08 bits per heavy atom. The number of hydrogen-bond acceptors (Lipinski definition) is 1. The molecule has 0 amide bonds. The van der Waals surface area contributed by atoms with Gasteiger partial charge >= 0.3 is 0 Å². The Morgan fingerprint density at radius 1 is 0.875 bits per heavy atom. The third kappa shape index (κ3) is 3.21. The predicted molar refractivity (Wildman–Crippen MR) is 96.0 cm³/mol. The van der Waals surface area contributed by atoms with Gasteiger partial charge in [-0.15, -0.1) is 0 Å². The summed E-state index contributed by atoms with van der Waals surface area (Å²) in [4.78, 5) is 0. The molecule has 0 atom stereocenters. The van der Waals surface area contributed by atoms with Crippen molar-refractivity contribution in [2.45, 2.75) is 19.8 Å². The molecule has 0 saturated carbocycles. The minimum Gasteiger partial charge on any atom is -0.206 e. The molecule has 118 valence electrons. The first kappa shape index (κ1) is 16.0. The van der Waals surface area contributed by atoms with E-state index >= 15 is 0 Å². The molecule has 0 saturated heterocycles. The van der Waals surface area contributed by atoms with E-state index < -0.39 is 5.82 Å². The highest BCUT2D eigenvalue weighted by Gasteiger charge is 2.09. The lowest BCUT2D eigenvalue weighted by atomic mass is 9.93. The lowest BCUT2D eigenvalue weighted by Crippen LogP contribution is -1.89. The van der Waals surface area contributed by atoms with Crippen LogP contribution in [-0.4, -0.2) is 0 Å². The summed E-state index contributed by atoms with van der Waals surface area (Å²) in [6.45, 7) is 2.17. The fourth-order valence-corrected chi connectivity index (χ4v) is 2.90. The largest absolute Gasteiger partial charge is 0.206 e. The summed E-state index contributed by atoms with van der Waals surface area (Å²) in [5.41, 5.74) is 5.30. The van der Waals surface area contributed by atoms with Gasteiger partial charge in [0.2, 0.25) is 0 Å². The fourth-order valence-electron chi connectivity index (χ4n) is 2.90. The van der Waals surface area contributed by atoms with Crippen LogP contribution in [0.15, 0.2) is 66.7 Å². The highest BCUT2D eigenvalue weighted by atomic mass is 19.1. The van der Waals surface area contributed by atoms with Gasteiger partial charge in [0.05, 0.1) is 5.56 Å². The van der Waals surface area contributed by atoms with E-state index in [4.69, 9.17) is 5.26 Å². The van der Waals surface area contributed by atoms with Gasteiger partial charge in [0.15, 0.2) is 0 Å². The fraction of sp³-hybridized carbons (Fsp3) is 0.136. The van der Waals surface area contributed by atoms with Gasteiger partial charge in [-0.25, -0.2) is 4.39 Å². The molecule has 0 bridgehead atoms. The molecule has 0 heterocycles. The zero-order valence-electron chi connectivity index (χ0n) is 13.6. The van der Waals surface area contributed by atoms with Crippen molar-refractivity contribution in [2.24, 2.45) is 0 Å². The van der Waals surface area contributed by atoms with E-state index in [1.54, 1.807) is 6.07 Å². The molecule has 24 heavy (non-hydrogen) atoms. The Labute approximate surface area is 142 Å². The number of benzene rings is 3. The second-order valence-electron chi connectivity index (χ2n) is 5.80. The first-order valence-corrected chi connectivity index (χ1v) is 8.11. The van der Waals surface area contributed by atoms with Crippen LogP contribution < -0.4 is 0 Å². The van der Waals surface area contributed by atoms with Crippen LogP contribution in [0.2, 0.25) is 0 Å². The van der Waals surface area contributed by atoms with Crippen molar-refractivity contribution >= 4 is 0 Å². The molecule has 0 N–H and O–H groups in total. The van der Waals surface area contributed by atoms with Gasteiger partial charge in [-0.3, -0.25) is 0 Å². The van der Waals surface area contributed by atoms with E-state index in [-0.39, 0.29) is 5.56 Å². The lowest BCUT2D eigenvalue weighted by molar-refractivity contribution is 0.624. The molecule has 0 fully saturated rings. The summed E-state index contributed by atoms with van der Waals surface area (Å²) in [6.07, 6.45) is 2.20. The summed E-state index contributed by atoms with van der Waals surface area (Å²) < 4.78 is 14.0. The van der Waals surface area contributed by atoms with Crippen molar-refractivity contribution < 1.29 is 4.39 Å². The van der Waals surface area contributed by atoms with Crippen molar-refractivity contribution in [3.63, 3.8) is 0 Å². The molecule has 1 nitrogen and oxygen atoms in total. The molecular formula is C22H18FN. The molecule has 3 rings (SSSR count). The molecule has 0 spiro atoms. The van der Waals surface area contributed by atoms with Gasteiger partial charge in [0, 0.05) is 0 Å². The van der Waals surface area contributed by atoms with Gasteiger partial charge < -0.3 is 0 Å². The van der Waals surface area contributed by atoms with Crippen molar-refractivity contribution in [2.75, 3.05) is 0 Å². The normalized spacial score (nSPS) is 10.4. The molecule has 0 unspecified atom stereocenters. The average molecular weight is 315 g/mol. The molecular weight excluding hydrogens is 297 g/mol. The number of hydrogen-bond donors (Lipinski definition) is 0. The van der Waals surface area contributed by atoms with Crippen molar-refractivity contribution in [1.29, 1.82) is 5.26 Å². The molecule has 0 aliphatic rings. The maximum atomic E-state index is 14.0. The number of nitriles is 1. The number of rotatable bonds is 4. The molecule has 0 radical (unpaired) electrons. The summed E-state index contributed by atoms with van der Waals surface area (Å²) in [6, 6.07) is 23.1. The first-order valence-electron chi connectivity index (χ1n) is 8.11. The summed E-state index contributed by atoms with van der Waals surface area (Å²) >= 11 is 0. The standard InChI is InChI=1S/C22H18FN/c1-2-5-16-8-10-17(11-9-16)20-6-3-4-7-21(20)18-12-13-19(15-24)22(23)14-18/h3-4,6-14H,2,5H2,1H3. The van der Waals surface area contributed by atoms with Crippen molar-refractivity contribution in [1.82, 2.24) is 0 Å². The second-order valence-corrected chi connectivity index (χ2v) is 5.80. The van der Waals surface area contributed by atoms with E-state index in [1.807, 2.05) is 30.3 Å². The van der Waals surface area contributed by atoms with E-state index in [1.165, 1.54) is 17.7 Å². The van der Waals surface area contributed by atoms with Crippen LogP contribution in [0.3, 0.4) is 0 Å². The van der Waals surface area contributed by atoms with Gasteiger partial charge in [-0.05, 0) is 46.4 Å². The van der Waals surface area contributed by atoms with Crippen molar-refractivity contribution in [3.8, 4) is 28.3 Å². The Balaban J connectivity index is 2.05. The molecule has 0 aliphatic heterocycles. The third-order valence-corrected chi connectivity index (χ3v) is 4.13. The second kappa shape index (κ2) is 7.10. The minimum absolute atomic E-state index is 0.0696. The molecule has 0 aromatic heterocycles. The van der Waals surface area contributed by atoms with Gasteiger partial charge in [-0.2, -0.15) is 5.26 Å². The Hall–Kier alpha value is -2.92. The summed E-state index contributed by atoms with van der Waals surface area (Å²) in [5.74, 6) is -0.483. The lowest BCUT2D eigenvalue weighted by Gasteiger charge is -2.11. The van der Waals surface area contributed by atoms with Crippen LogP contribution in [0.4, 0.5) is 4.39 Å². The highest BCUT2D eigenvalue weighted by molar-refractivity contribution is 5.83. The zero-order chi connectivity index (χ0) is 16.9. The van der Waals surface area contributed by atoms with Crippen LogP contribution in [-0.2, 0) is 6.42 Å². The van der Waals surface area contributed by atoms with Gasteiger partial charge in [-0.1, -0.05) is 67.9 Å². The Bertz CT molecular complexity index is 889. The van der Waals surface area contributed by atoms with Crippen LogP contribution >= 0.6 is 0 Å². The van der Waals surface area contributed by atoms with Gasteiger partial charge in [0.25, 0.3) is 0 Å².